The van der Waals surface area contributed by atoms with E-state index < -0.39 is 5.97 Å². The Morgan fingerprint density at radius 3 is 2.50 bits per heavy atom. The van der Waals surface area contributed by atoms with Crippen LogP contribution in [-0.4, -0.2) is 35.7 Å². The van der Waals surface area contributed by atoms with Crippen molar-refractivity contribution >= 4 is 23.9 Å². The molecule has 0 saturated heterocycles. The van der Waals surface area contributed by atoms with E-state index in [1.807, 2.05) is 36.4 Å². The first-order valence-corrected chi connectivity index (χ1v) is 9.43. The molecule has 148 valence electrons. The molecule has 1 heterocycles. The molecule has 0 saturated carbocycles. The van der Waals surface area contributed by atoms with Crippen molar-refractivity contribution in [2.75, 3.05) is 18.5 Å². The van der Waals surface area contributed by atoms with E-state index in [0.717, 1.165) is 36.1 Å². The average molecular weight is 381 g/mol. The Bertz CT molecular complexity index is 844. The van der Waals surface area contributed by atoms with Crippen LogP contribution in [0.3, 0.4) is 0 Å². The number of nitrogens with zero attached hydrogens (tertiary/aromatic N) is 2. The number of carbonyl (C=O) groups excluding carboxylic acids is 1. The summed E-state index contributed by atoms with van der Waals surface area (Å²) in [7, 11) is 1.70. The molecule has 2 amide bonds. The minimum Gasteiger partial charge on any atom is -0.478 e. The molecule has 2 rings (SSSR count). The molecule has 0 unspecified atom stereocenters. The van der Waals surface area contributed by atoms with Crippen LogP contribution in [0.5, 0.6) is 0 Å². The van der Waals surface area contributed by atoms with Crippen LogP contribution in [-0.2, 0) is 4.79 Å². The minimum atomic E-state index is -0.936. The van der Waals surface area contributed by atoms with Crippen LogP contribution in [0.25, 0.3) is 17.3 Å². The summed E-state index contributed by atoms with van der Waals surface area (Å²) in [4.78, 5) is 29.3. The topological polar surface area (TPSA) is 82.5 Å². The lowest BCUT2D eigenvalue weighted by atomic mass is 10.1. The Kier molecular flexibility index (Phi) is 7.75. The average Bonchev–Trinajstić information content (AvgIpc) is 2.71. The first-order valence-electron chi connectivity index (χ1n) is 9.43. The zero-order chi connectivity index (χ0) is 20.5. The third-order valence-electron chi connectivity index (χ3n) is 4.37. The number of aromatic nitrogens is 1. The molecular weight excluding hydrogens is 354 g/mol. The van der Waals surface area contributed by atoms with Crippen LogP contribution >= 0.6 is 0 Å². The molecule has 1 aromatic carbocycles. The summed E-state index contributed by atoms with van der Waals surface area (Å²) in [6.07, 6.45) is 4.78. The van der Waals surface area contributed by atoms with Crippen molar-refractivity contribution in [1.29, 1.82) is 0 Å². The predicted octanol–water partition coefficient (Wildman–Crippen LogP) is 4.57. The Morgan fingerprint density at radius 1 is 1.14 bits per heavy atom. The van der Waals surface area contributed by atoms with Crippen molar-refractivity contribution in [2.45, 2.75) is 33.1 Å². The summed E-state index contributed by atoms with van der Waals surface area (Å²) in [5.41, 5.74) is 2.72. The quantitative estimate of drug-likeness (QED) is 0.518. The standard InChI is InChI=1S/C22H27N3O3/c1-4-5-6-14-23-22(28)25(3)20-9-7-8-19(24-20)18-12-10-17(11-13-18)15-16(2)21(26)27/h7-13,15H,4-6,14H2,1-3H3,(H,23,28)(H,26,27)/b16-15+. The molecule has 0 radical (unpaired) electrons. The second kappa shape index (κ2) is 10.3. The molecule has 6 heteroatoms. The number of anilines is 1. The Balaban J connectivity index is 2.11. The summed E-state index contributed by atoms with van der Waals surface area (Å²) in [6, 6.07) is 12.8. The SMILES string of the molecule is CCCCCNC(=O)N(C)c1cccc(-c2ccc(/C=C(\C)C(=O)O)cc2)n1. The van der Waals surface area contributed by atoms with Crippen LogP contribution in [0.15, 0.2) is 48.0 Å². The van der Waals surface area contributed by atoms with Gasteiger partial charge in [-0.05, 0) is 37.1 Å². The fourth-order valence-corrected chi connectivity index (χ4v) is 2.63. The van der Waals surface area contributed by atoms with E-state index in [1.54, 1.807) is 26.1 Å². The number of carboxylic acids is 1. The van der Waals surface area contributed by atoms with Gasteiger partial charge in [-0.25, -0.2) is 14.6 Å². The Hall–Kier alpha value is -3.15. The van der Waals surface area contributed by atoms with Crippen molar-refractivity contribution in [3.63, 3.8) is 0 Å². The lowest BCUT2D eigenvalue weighted by Gasteiger charge is -2.18. The second-order valence-electron chi connectivity index (χ2n) is 6.63. The van der Waals surface area contributed by atoms with Gasteiger partial charge in [0, 0.05) is 24.7 Å². The van der Waals surface area contributed by atoms with Gasteiger partial charge >= 0.3 is 12.0 Å². The number of rotatable bonds is 8. The van der Waals surface area contributed by atoms with E-state index in [-0.39, 0.29) is 11.6 Å². The molecule has 2 aromatic rings. The van der Waals surface area contributed by atoms with Gasteiger partial charge < -0.3 is 10.4 Å². The number of urea groups is 1. The first-order chi connectivity index (χ1) is 13.4. The molecule has 0 aliphatic carbocycles. The molecule has 0 bridgehead atoms. The summed E-state index contributed by atoms with van der Waals surface area (Å²) in [6.45, 7) is 4.34. The van der Waals surface area contributed by atoms with E-state index in [4.69, 9.17) is 5.11 Å². The molecule has 0 fully saturated rings. The number of hydrogen-bond donors (Lipinski definition) is 2. The Labute approximate surface area is 165 Å². The lowest BCUT2D eigenvalue weighted by molar-refractivity contribution is -0.132. The van der Waals surface area contributed by atoms with E-state index >= 15 is 0 Å². The van der Waals surface area contributed by atoms with Crippen molar-refractivity contribution in [1.82, 2.24) is 10.3 Å². The number of hydrogen-bond acceptors (Lipinski definition) is 3. The van der Waals surface area contributed by atoms with Gasteiger partial charge in [0.1, 0.15) is 5.82 Å². The van der Waals surface area contributed by atoms with Gasteiger partial charge in [0.25, 0.3) is 0 Å². The number of benzene rings is 1. The molecule has 0 aliphatic rings. The van der Waals surface area contributed by atoms with E-state index in [9.17, 15) is 9.59 Å². The van der Waals surface area contributed by atoms with Crippen molar-refractivity contribution in [3.8, 4) is 11.3 Å². The lowest BCUT2D eigenvalue weighted by Crippen LogP contribution is -2.38. The van der Waals surface area contributed by atoms with Gasteiger partial charge in [0.15, 0.2) is 0 Å². The van der Waals surface area contributed by atoms with E-state index in [0.29, 0.717) is 12.4 Å². The summed E-state index contributed by atoms with van der Waals surface area (Å²) >= 11 is 0. The molecule has 2 N–H and O–H groups in total. The number of unbranched alkanes of at least 4 members (excludes halogenated alkanes) is 2. The smallest absolute Gasteiger partial charge is 0.331 e. The van der Waals surface area contributed by atoms with Crippen LogP contribution in [0.2, 0.25) is 0 Å². The highest BCUT2D eigenvalue weighted by atomic mass is 16.4. The zero-order valence-electron chi connectivity index (χ0n) is 16.6. The van der Waals surface area contributed by atoms with Crippen LogP contribution in [0.1, 0.15) is 38.7 Å². The normalized spacial score (nSPS) is 11.2. The van der Waals surface area contributed by atoms with Crippen molar-refractivity contribution in [3.05, 3.63) is 53.6 Å². The highest BCUT2D eigenvalue weighted by Crippen LogP contribution is 2.21. The van der Waals surface area contributed by atoms with Gasteiger partial charge in [-0.3, -0.25) is 4.90 Å². The molecular formula is C22H27N3O3. The van der Waals surface area contributed by atoms with E-state index in [2.05, 4.69) is 17.2 Å². The van der Waals surface area contributed by atoms with Crippen LogP contribution in [0, 0.1) is 0 Å². The number of carbonyl (C=O) groups is 2. The maximum absolute atomic E-state index is 12.3. The maximum atomic E-state index is 12.3. The fourth-order valence-electron chi connectivity index (χ4n) is 2.63. The highest BCUT2D eigenvalue weighted by molar-refractivity contribution is 5.91. The monoisotopic (exact) mass is 381 g/mol. The first kappa shape index (κ1) is 21.2. The largest absolute Gasteiger partial charge is 0.478 e. The summed E-state index contributed by atoms with van der Waals surface area (Å²) < 4.78 is 0. The van der Waals surface area contributed by atoms with Gasteiger partial charge in [-0.2, -0.15) is 0 Å². The number of carboxylic acid groups (broad SMARTS) is 1. The van der Waals surface area contributed by atoms with Crippen molar-refractivity contribution < 1.29 is 14.7 Å². The molecule has 28 heavy (non-hydrogen) atoms. The Morgan fingerprint density at radius 2 is 1.86 bits per heavy atom. The van der Waals surface area contributed by atoms with Gasteiger partial charge in [-0.15, -0.1) is 0 Å². The third-order valence-corrected chi connectivity index (χ3v) is 4.37. The number of pyridine rings is 1. The number of aliphatic carboxylic acids is 1. The zero-order valence-corrected chi connectivity index (χ0v) is 16.6. The molecule has 0 aliphatic heterocycles. The molecule has 6 nitrogen and oxygen atoms in total. The summed E-state index contributed by atoms with van der Waals surface area (Å²) in [5, 5.41) is 11.9. The number of amides is 2. The number of nitrogens with one attached hydrogen (secondary N) is 1. The predicted molar refractivity (Wildman–Crippen MR) is 112 cm³/mol. The van der Waals surface area contributed by atoms with E-state index in [1.165, 1.54) is 4.90 Å². The fraction of sp³-hybridized carbons (Fsp3) is 0.318. The minimum absolute atomic E-state index is 0.176. The maximum Gasteiger partial charge on any atom is 0.331 e. The highest BCUT2D eigenvalue weighted by Gasteiger charge is 2.12. The second-order valence-corrected chi connectivity index (χ2v) is 6.63. The van der Waals surface area contributed by atoms with Crippen LogP contribution in [0.4, 0.5) is 10.6 Å². The van der Waals surface area contributed by atoms with Crippen LogP contribution < -0.4 is 10.2 Å². The molecule has 0 spiro atoms. The van der Waals surface area contributed by atoms with Gasteiger partial charge in [0.2, 0.25) is 0 Å². The van der Waals surface area contributed by atoms with Gasteiger partial charge in [-0.1, -0.05) is 50.1 Å². The van der Waals surface area contributed by atoms with Crippen molar-refractivity contribution in [2.24, 2.45) is 0 Å². The molecule has 0 atom stereocenters. The summed E-state index contributed by atoms with van der Waals surface area (Å²) in [5.74, 6) is -0.370. The molecule has 1 aromatic heterocycles. The van der Waals surface area contributed by atoms with Gasteiger partial charge in [0.05, 0.1) is 5.69 Å². The third kappa shape index (κ3) is 5.94.